The highest BCUT2D eigenvalue weighted by Gasteiger charge is 2.19. The molecule has 0 heterocycles. The van der Waals surface area contributed by atoms with E-state index in [1.807, 2.05) is 0 Å². The summed E-state index contributed by atoms with van der Waals surface area (Å²) in [6.07, 6.45) is 51.4. The lowest BCUT2D eigenvalue weighted by molar-refractivity contribution is -0.167. The molecule has 56 heavy (non-hydrogen) atoms. The second-order valence-electron chi connectivity index (χ2n) is 16.0. The topological polar surface area (TPSA) is 78.9 Å². The first-order valence-electron chi connectivity index (χ1n) is 24.0. The van der Waals surface area contributed by atoms with Gasteiger partial charge in [-0.15, -0.1) is 0 Å². The molecule has 6 nitrogen and oxygen atoms in total. The molecule has 0 amide bonds. The second kappa shape index (κ2) is 45.3. The van der Waals surface area contributed by atoms with Crippen LogP contribution in [0, 0.1) is 0 Å². The standard InChI is InChI=1S/C50H90O6/c1-4-7-10-13-16-19-21-23-25-27-28-31-34-37-40-43-49(52)55-46-47(45-54-48(51)42-39-36-33-30-18-15-12-9-6-3)56-50(53)44-41-38-35-32-29-26-24-22-20-17-14-11-8-5-2/h8,11,17,20,30,33,47H,4-7,9-10,12-16,18-19,21-29,31-32,34-46H2,1-3H3/b11-8-,20-17-,33-30-. The van der Waals surface area contributed by atoms with Crippen molar-refractivity contribution in [2.45, 2.75) is 252 Å². The van der Waals surface area contributed by atoms with Crippen molar-refractivity contribution in [2.75, 3.05) is 13.2 Å². The maximum absolute atomic E-state index is 12.7. The number of hydrogen-bond acceptors (Lipinski definition) is 6. The Morgan fingerprint density at radius 1 is 0.375 bits per heavy atom. The van der Waals surface area contributed by atoms with Gasteiger partial charge in [0.05, 0.1) is 0 Å². The minimum Gasteiger partial charge on any atom is -0.462 e. The van der Waals surface area contributed by atoms with Crippen LogP contribution in [0.15, 0.2) is 36.5 Å². The van der Waals surface area contributed by atoms with Crippen LogP contribution in [0.5, 0.6) is 0 Å². The Balaban J connectivity index is 4.34. The Morgan fingerprint density at radius 3 is 1.18 bits per heavy atom. The van der Waals surface area contributed by atoms with Crippen LogP contribution in [0.1, 0.15) is 245 Å². The molecule has 0 fully saturated rings. The molecule has 0 aromatic heterocycles. The number of unbranched alkanes of at least 4 members (excludes halogenated alkanes) is 26. The molecule has 0 aliphatic heterocycles. The number of carbonyl (C=O) groups excluding carboxylic acids is 3. The molecule has 0 rings (SSSR count). The molecule has 0 bridgehead atoms. The van der Waals surface area contributed by atoms with Crippen molar-refractivity contribution in [3.05, 3.63) is 36.5 Å². The van der Waals surface area contributed by atoms with Crippen LogP contribution in [0.25, 0.3) is 0 Å². The van der Waals surface area contributed by atoms with Crippen LogP contribution in [0.4, 0.5) is 0 Å². The van der Waals surface area contributed by atoms with E-state index in [0.717, 1.165) is 77.0 Å². The lowest BCUT2D eigenvalue weighted by Gasteiger charge is -2.18. The minimum atomic E-state index is -0.781. The van der Waals surface area contributed by atoms with E-state index < -0.39 is 6.10 Å². The van der Waals surface area contributed by atoms with Gasteiger partial charge in [0.15, 0.2) is 6.10 Å². The van der Waals surface area contributed by atoms with Crippen LogP contribution in [-0.2, 0) is 28.6 Å². The average molecular weight is 787 g/mol. The van der Waals surface area contributed by atoms with Gasteiger partial charge in [0, 0.05) is 19.3 Å². The monoisotopic (exact) mass is 787 g/mol. The maximum Gasteiger partial charge on any atom is 0.306 e. The van der Waals surface area contributed by atoms with Crippen LogP contribution in [0.2, 0.25) is 0 Å². The van der Waals surface area contributed by atoms with Gasteiger partial charge >= 0.3 is 17.9 Å². The van der Waals surface area contributed by atoms with E-state index in [1.165, 1.54) is 128 Å². The molecule has 0 aromatic rings. The van der Waals surface area contributed by atoms with Gasteiger partial charge in [0.2, 0.25) is 0 Å². The summed E-state index contributed by atoms with van der Waals surface area (Å²) in [5, 5.41) is 0. The zero-order chi connectivity index (χ0) is 40.8. The van der Waals surface area contributed by atoms with Crippen molar-refractivity contribution >= 4 is 17.9 Å². The third-order valence-corrected chi connectivity index (χ3v) is 10.4. The molecule has 0 aromatic carbocycles. The summed E-state index contributed by atoms with van der Waals surface area (Å²) in [5.41, 5.74) is 0. The second-order valence-corrected chi connectivity index (χ2v) is 16.0. The predicted molar refractivity (Wildman–Crippen MR) is 238 cm³/mol. The largest absolute Gasteiger partial charge is 0.462 e. The van der Waals surface area contributed by atoms with E-state index in [9.17, 15) is 14.4 Å². The van der Waals surface area contributed by atoms with Gasteiger partial charge in [-0.1, -0.05) is 198 Å². The number of rotatable bonds is 43. The summed E-state index contributed by atoms with van der Waals surface area (Å²) < 4.78 is 16.7. The summed E-state index contributed by atoms with van der Waals surface area (Å²) in [6, 6.07) is 0. The Labute approximate surface area is 346 Å². The summed E-state index contributed by atoms with van der Waals surface area (Å²) >= 11 is 0. The Hall–Kier alpha value is -2.37. The maximum atomic E-state index is 12.7. The summed E-state index contributed by atoms with van der Waals surface area (Å²) in [6.45, 7) is 6.48. The van der Waals surface area contributed by atoms with E-state index in [-0.39, 0.29) is 31.1 Å². The lowest BCUT2D eigenvalue weighted by Crippen LogP contribution is -2.30. The summed E-state index contributed by atoms with van der Waals surface area (Å²) in [5.74, 6) is -0.922. The average Bonchev–Trinajstić information content (AvgIpc) is 3.19. The zero-order valence-corrected chi connectivity index (χ0v) is 37.2. The number of hydrogen-bond donors (Lipinski definition) is 0. The lowest BCUT2D eigenvalue weighted by atomic mass is 10.0. The molecule has 0 spiro atoms. The molecule has 0 N–H and O–H groups in total. The van der Waals surface area contributed by atoms with Gasteiger partial charge in [-0.2, -0.15) is 0 Å². The number of allylic oxidation sites excluding steroid dienone is 6. The molecule has 6 heteroatoms. The number of carbonyl (C=O) groups is 3. The first-order chi connectivity index (χ1) is 27.5. The number of esters is 3. The Morgan fingerprint density at radius 2 is 0.714 bits per heavy atom. The van der Waals surface area contributed by atoms with E-state index in [1.54, 1.807) is 0 Å². The highest BCUT2D eigenvalue weighted by molar-refractivity contribution is 5.71. The summed E-state index contributed by atoms with van der Waals surface area (Å²) in [7, 11) is 0. The third kappa shape index (κ3) is 42.8. The molecule has 1 unspecified atom stereocenters. The van der Waals surface area contributed by atoms with Gasteiger partial charge < -0.3 is 14.2 Å². The Bertz CT molecular complexity index is 953. The summed E-state index contributed by atoms with van der Waals surface area (Å²) in [4.78, 5) is 37.7. The normalized spacial score (nSPS) is 12.3. The number of ether oxygens (including phenoxy) is 3. The third-order valence-electron chi connectivity index (χ3n) is 10.4. The van der Waals surface area contributed by atoms with Crippen molar-refractivity contribution in [2.24, 2.45) is 0 Å². The van der Waals surface area contributed by atoms with E-state index in [0.29, 0.717) is 19.3 Å². The molecular formula is C50H90O6. The van der Waals surface area contributed by atoms with E-state index >= 15 is 0 Å². The molecule has 0 aliphatic rings. The van der Waals surface area contributed by atoms with Crippen molar-refractivity contribution < 1.29 is 28.6 Å². The first-order valence-corrected chi connectivity index (χ1v) is 24.0. The molecule has 0 saturated heterocycles. The first kappa shape index (κ1) is 53.6. The highest BCUT2D eigenvalue weighted by Crippen LogP contribution is 2.15. The fourth-order valence-electron chi connectivity index (χ4n) is 6.78. The van der Waals surface area contributed by atoms with Gasteiger partial charge in [-0.3, -0.25) is 14.4 Å². The smallest absolute Gasteiger partial charge is 0.306 e. The van der Waals surface area contributed by atoms with E-state index in [4.69, 9.17) is 14.2 Å². The Kier molecular flexibility index (Phi) is 43.4. The van der Waals surface area contributed by atoms with Crippen LogP contribution < -0.4 is 0 Å². The van der Waals surface area contributed by atoms with Gasteiger partial charge in [0.25, 0.3) is 0 Å². The zero-order valence-electron chi connectivity index (χ0n) is 37.2. The van der Waals surface area contributed by atoms with Crippen molar-refractivity contribution in [3.63, 3.8) is 0 Å². The fourth-order valence-corrected chi connectivity index (χ4v) is 6.78. The van der Waals surface area contributed by atoms with Gasteiger partial charge in [0.1, 0.15) is 13.2 Å². The molecular weight excluding hydrogens is 697 g/mol. The molecule has 0 aliphatic carbocycles. The van der Waals surface area contributed by atoms with Gasteiger partial charge in [-0.25, -0.2) is 0 Å². The van der Waals surface area contributed by atoms with Crippen LogP contribution in [-0.4, -0.2) is 37.2 Å². The van der Waals surface area contributed by atoms with Crippen molar-refractivity contribution in [1.29, 1.82) is 0 Å². The highest BCUT2D eigenvalue weighted by atomic mass is 16.6. The SMILES string of the molecule is CC/C=C\C/C=C\CCCCCCCCCC(=O)OC(COC(=O)CCC/C=C\CCCCCC)COC(=O)CCCCCCCCCCCCCCCCC. The minimum absolute atomic E-state index is 0.0814. The van der Waals surface area contributed by atoms with Crippen LogP contribution in [0.3, 0.4) is 0 Å². The van der Waals surface area contributed by atoms with Crippen molar-refractivity contribution in [3.8, 4) is 0 Å². The van der Waals surface area contributed by atoms with Crippen molar-refractivity contribution in [1.82, 2.24) is 0 Å². The van der Waals surface area contributed by atoms with Gasteiger partial charge in [-0.05, 0) is 64.2 Å². The molecule has 0 radical (unpaired) electrons. The molecule has 326 valence electrons. The molecule has 1 atom stereocenters. The quantitative estimate of drug-likeness (QED) is 0.0265. The molecule has 0 saturated carbocycles. The van der Waals surface area contributed by atoms with Crippen LogP contribution >= 0.6 is 0 Å². The van der Waals surface area contributed by atoms with E-state index in [2.05, 4.69) is 57.2 Å². The predicted octanol–water partition coefficient (Wildman–Crippen LogP) is 15.4. The fraction of sp³-hybridized carbons (Fsp3) is 0.820.